The number of rotatable bonds is 6. The Labute approximate surface area is 133 Å². The molecule has 22 heavy (non-hydrogen) atoms. The minimum atomic E-state index is 0.0890. The van der Waals surface area contributed by atoms with Crippen LogP contribution in [0.15, 0.2) is 48.5 Å². The number of hydrogen-bond donors (Lipinski definition) is 2. The van der Waals surface area contributed by atoms with Crippen molar-refractivity contribution in [2.45, 2.75) is 26.9 Å². The van der Waals surface area contributed by atoms with Crippen LogP contribution in [0.3, 0.4) is 0 Å². The molecule has 0 aliphatic rings. The van der Waals surface area contributed by atoms with Gasteiger partial charge in [-0.1, -0.05) is 54.1 Å². The van der Waals surface area contributed by atoms with Gasteiger partial charge in [0.05, 0.1) is 7.05 Å². The van der Waals surface area contributed by atoms with E-state index < -0.39 is 0 Å². The molecule has 1 amide bonds. The molecule has 2 rings (SSSR count). The smallest absolute Gasteiger partial charge is 0.275 e. The summed E-state index contributed by atoms with van der Waals surface area (Å²) in [5, 5.41) is 2.98. The van der Waals surface area contributed by atoms with Gasteiger partial charge in [-0.3, -0.25) is 4.79 Å². The van der Waals surface area contributed by atoms with Gasteiger partial charge in [0.1, 0.15) is 6.54 Å². The molecule has 3 nitrogen and oxygen atoms in total. The molecule has 1 unspecified atom stereocenters. The summed E-state index contributed by atoms with van der Waals surface area (Å²) in [5.41, 5.74) is 5.00. The van der Waals surface area contributed by atoms with E-state index in [0.29, 0.717) is 13.1 Å². The van der Waals surface area contributed by atoms with Crippen LogP contribution in [-0.4, -0.2) is 19.5 Å². The van der Waals surface area contributed by atoms with Gasteiger partial charge >= 0.3 is 0 Å². The number of quaternary nitrogens is 1. The zero-order chi connectivity index (χ0) is 15.9. The highest BCUT2D eigenvalue weighted by molar-refractivity contribution is 5.76. The van der Waals surface area contributed by atoms with Crippen molar-refractivity contribution in [3.8, 4) is 0 Å². The Morgan fingerprint density at radius 3 is 2.50 bits per heavy atom. The fourth-order valence-electron chi connectivity index (χ4n) is 2.56. The standard InChI is InChI=1S/C19H24N2O/c1-15-9-10-18(16(2)11-15)13-21(3)14-19(22)20-12-17-7-5-4-6-8-17/h4-11H,12-14H2,1-3H3,(H,20,22)/p+1. The van der Waals surface area contributed by atoms with Crippen LogP contribution >= 0.6 is 0 Å². The van der Waals surface area contributed by atoms with Gasteiger partial charge in [-0.15, -0.1) is 0 Å². The maximum absolute atomic E-state index is 12.0. The largest absolute Gasteiger partial charge is 0.347 e. The highest BCUT2D eigenvalue weighted by Crippen LogP contribution is 2.08. The summed E-state index contributed by atoms with van der Waals surface area (Å²) in [7, 11) is 2.06. The van der Waals surface area contributed by atoms with E-state index >= 15 is 0 Å². The highest BCUT2D eigenvalue weighted by atomic mass is 16.2. The Bertz CT molecular complexity index is 623. The lowest BCUT2D eigenvalue weighted by Gasteiger charge is -2.15. The molecule has 0 radical (unpaired) electrons. The summed E-state index contributed by atoms with van der Waals surface area (Å²) >= 11 is 0. The monoisotopic (exact) mass is 297 g/mol. The number of aryl methyl sites for hydroxylation is 2. The summed E-state index contributed by atoms with van der Waals surface area (Å²) in [4.78, 5) is 13.2. The fraction of sp³-hybridized carbons (Fsp3) is 0.316. The lowest BCUT2D eigenvalue weighted by molar-refractivity contribution is -0.885. The first kappa shape index (κ1) is 16.2. The van der Waals surface area contributed by atoms with Gasteiger partial charge in [-0.2, -0.15) is 0 Å². The van der Waals surface area contributed by atoms with E-state index in [4.69, 9.17) is 0 Å². The van der Waals surface area contributed by atoms with Crippen LogP contribution in [0.25, 0.3) is 0 Å². The minimum Gasteiger partial charge on any atom is -0.347 e. The lowest BCUT2D eigenvalue weighted by Crippen LogP contribution is -3.08. The zero-order valence-corrected chi connectivity index (χ0v) is 13.6. The van der Waals surface area contributed by atoms with Crippen molar-refractivity contribution in [1.82, 2.24) is 5.32 Å². The van der Waals surface area contributed by atoms with Crippen LogP contribution in [0, 0.1) is 13.8 Å². The number of nitrogens with one attached hydrogen (secondary N) is 2. The minimum absolute atomic E-state index is 0.0890. The third-order valence-corrected chi connectivity index (χ3v) is 3.79. The summed E-state index contributed by atoms with van der Waals surface area (Å²) in [6, 6.07) is 16.5. The van der Waals surface area contributed by atoms with E-state index in [0.717, 1.165) is 12.1 Å². The van der Waals surface area contributed by atoms with Crippen LogP contribution in [-0.2, 0) is 17.9 Å². The average Bonchev–Trinajstić information content (AvgIpc) is 2.49. The average molecular weight is 297 g/mol. The summed E-state index contributed by atoms with van der Waals surface area (Å²) in [6.07, 6.45) is 0. The molecule has 0 fully saturated rings. The molecule has 0 saturated carbocycles. The van der Waals surface area contributed by atoms with Crippen molar-refractivity contribution in [3.05, 3.63) is 70.8 Å². The predicted molar refractivity (Wildman–Crippen MR) is 89.7 cm³/mol. The topological polar surface area (TPSA) is 33.5 Å². The summed E-state index contributed by atoms with van der Waals surface area (Å²) in [6.45, 7) is 6.18. The van der Waals surface area contributed by atoms with Gasteiger partial charge in [-0.25, -0.2) is 0 Å². The molecule has 2 aromatic rings. The van der Waals surface area contributed by atoms with Crippen LogP contribution in [0.4, 0.5) is 0 Å². The molecule has 1 atom stereocenters. The number of hydrogen-bond acceptors (Lipinski definition) is 1. The van der Waals surface area contributed by atoms with Gasteiger partial charge in [0.25, 0.3) is 5.91 Å². The lowest BCUT2D eigenvalue weighted by atomic mass is 10.1. The molecule has 2 aromatic carbocycles. The first-order valence-corrected chi connectivity index (χ1v) is 7.72. The molecule has 116 valence electrons. The second-order valence-electron chi connectivity index (χ2n) is 6.00. The number of carbonyl (C=O) groups is 1. The first-order valence-electron chi connectivity index (χ1n) is 7.72. The molecular weight excluding hydrogens is 272 g/mol. The predicted octanol–water partition coefficient (Wildman–Crippen LogP) is 1.63. The van der Waals surface area contributed by atoms with Crippen molar-refractivity contribution in [2.75, 3.05) is 13.6 Å². The molecule has 3 heteroatoms. The Balaban J connectivity index is 1.81. The van der Waals surface area contributed by atoms with Gasteiger partial charge in [0.15, 0.2) is 6.54 Å². The first-order chi connectivity index (χ1) is 10.5. The van der Waals surface area contributed by atoms with E-state index in [1.165, 1.54) is 21.6 Å². The molecular formula is C19H25N2O+. The van der Waals surface area contributed by atoms with Gasteiger partial charge in [0, 0.05) is 12.1 Å². The van der Waals surface area contributed by atoms with Crippen LogP contribution in [0.2, 0.25) is 0 Å². The third-order valence-electron chi connectivity index (χ3n) is 3.79. The fourth-order valence-corrected chi connectivity index (χ4v) is 2.56. The van der Waals surface area contributed by atoms with Crippen molar-refractivity contribution < 1.29 is 9.69 Å². The third kappa shape index (κ3) is 5.01. The van der Waals surface area contributed by atoms with Crippen LogP contribution < -0.4 is 10.2 Å². The Kier molecular flexibility index (Phi) is 5.73. The molecule has 0 bridgehead atoms. The maximum atomic E-state index is 12.0. The molecule has 0 aliphatic carbocycles. The van der Waals surface area contributed by atoms with E-state index in [2.05, 4.69) is 44.4 Å². The number of likely N-dealkylation sites (N-methyl/N-ethyl adjacent to an activating group) is 1. The van der Waals surface area contributed by atoms with Crippen LogP contribution in [0.5, 0.6) is 0 Å². The van der Waals surface area contributed by atoms with Crippen LogP contribution in [0.1, 0.15) is 22.3 Å². The number of benzene rings is 2. The maximum Gasteiger partial charge on any atom is 0.275 e. The van der Waals surface area contributed by atoms with Crippen molar-refractivity contribution in [3.63, 3.8) is 0 Å². The van der Waals surface area contributed by atoms with Crippen molar-refractivity contribution in [1.29, 1.82) is 0 Å². The Hall–Kier alpha value is -2.13. The normalized spacial score (nSPS) is 12.0. The molecule has 0 saturated heterocycles. The molecule has 0 aromatic heterocycles. The molecule has 0 aliphatic heterocycles. The van der Waals surface area contributed by atoms with Gasteiger partial charge < -0.3 is 10.2 Å². The Morgan fingerprint density at radius 2 is 1.82 bits per heavy atom. The van der Waals surface area contributed by atoms with Gasteiger partial charge in [-0.05, 0) is 25.0 Å². The molecule has 0 spiro atoms. The second kappa shape index (κ2) is 7.76. The van der Waals surface area contributed by atoms with Crippen molar-refractivity contribution in [2.24, 2.45) is 0 Å². The number of amides is 1. The highest BCUT2D eigenvalue weighted by Gasteiger charge is 2.11. The molecule has 2 N–H and O–H groups in total. The number of carbonyl (C=O) groups excluding carboxylic acids is 1. The van der Waals surface area contributed by atoms with E-state index in [9.17, 15) is 4.79 Å². The Morgan fingerprint density at radius 1 is 1.09 bits per heavy atom. The SMILES string of the molecule is Cc1ccc(C[NH+](C)CC(=O)NCc2ccccc2)c(C)c1. The van der Waals surface area contributed by atoms with E-state index in [-0.39, 0.29) is 5.91 Å². The summed E-state index contributed by atoms with van der Waals surface area (Å²) < 4.78 is 0. The quantitative estimate of drug-likeness (QED) is 0.835. The second-order valence-corrected chi connectivity index (χ2v) is 6.00. The van der Waals surface area contributed by atoms with E-state index in [1.54, 1.807) is 0 Å². The summed E-state index contributed by atoms with van der Waals surface area (Å²) in [5.74, 6) is 0.0890. The van der Waals surface area contributed by atoms with E-state index in [1.807, 2.05) is 30.3 Å². The molecule has 0 heterocycles. The van der Waals surface area contributed by atoms with Crippen molar-refractivity contribution >= 4 is 5.91 Å². The zero-order valence-electron chi connectivity index (χ0n) is 13.6. The van der Waals surface area contributed by atoms with Gasteiger partial charge in [0.2, 0.25) is 0 Å².